The number of carbonyl (C=O) groups excluding carboxylic acids is 1. The number of carbonyl (C=O) groups is 1. The molecule has 0 aliphatic carbocycles. The van der Waals surface area contributed by atoms with E-state index in [1.807, 2.05) is 0 Å². The van der Waals surface area contributed by atoms with Gasteiger partial charge in [-0.1, -0.05) is 23.4 Å². The number of hydrogen-bond donors (Lipinski definition) is 1. The molecule has 0 fully saturated rings. The SMILES string of the molecule is CN1C(=O)C(c2cccc(-c3cccnc3F)c2)(c2cc(CN=O)n(CCCF)c2)N=C1N. The average molecular weight is 452 g/mol. The van der Waals surface area contributed by atoms with E-state index in [0.29, 0.717) is 28.9 Å². The summed E-state index contributed by atoms with van der Waals surface area (Å²) in [5, 5.41) is 2.95. The van der Waals surface area contributed by atoms with Crippen molar-refractivity contribution in [3.05, 3.63) is 82.5 Å². The molecule has 2 N–H and O–H groups in total. The van der Waals surface area contributed by atoms with Gasteiger partial charge in [0, 0.05) is 42.8 Å². The van der Waals surface area contributed by atoms with Gasteiger partial charge < -0.3 is 10.3 Å². The fraction of sp³-hybridized carbons (Fsp3) is 0.261. The summed E-state index contributed by atoms with van der Waals surface area (Å²) >= 11 is 0. The Bertz CT molecular complexity index is 1240. The highest BCUT2D eigenvalue weighted by Crippen LogP contribution is 2.41. The Balaban J connectivity index is 1.92. The minimum atomic E-state index is -1.55. The molecule has 0 bridgehead atoms. The van der Waals surface area contributed by atoms with Gasteiger partial charge in [-0.05, 0) is 41.8 Å². The van der Waals surface area contributed by atoms with E-state index in [1.165, 1.54) is 18.1 Å². The first-order valence-corrected chi connectivity index (χ1v) is 10.3. The topological polar surface area (TPSA) is 106 Å². The van der Waals surface area contributed by atoms with Crippen LogP contribution in [-0.2, 0) is 23.4 Å². The molecule has 1 unspecified atom stereocenters. The van der Waals surface area contributed by atoms with Gasteiger partial charge in [-0.15, -0.1) is 0 Å². The van der Waals surface area contributed by atoms with Gasteiger partial charge in [0.15, 0.2) is 11.5 Å². The second-order valence-electron chi connectivity index (χ2n) is 7.71. The van der Waals surface area contributed by atoms with Crippen LogP contribution in [0, 0.1) is 10.9 Å². The maximum absolute atomic E-state index is 14.4. The Hall–Kier alpha value is -3.95. The van der Waals surface area contributed by atoms with E-state index in [0.717, 1.165) is 0 Å². The zero-order valence-corrected chi connectivity index (χ0v) is 17.9. The summed E-state index contributed by atoms with van der Waals surface area (Å²) in [7, 11) is 1.52. The predicted molar refractivity (Wildman–Crippen MR) is 119 cm³/mol. The largest absolute Gasteiger partial charge is 0.369 e. The summed E-state index contributed by atoms with van der Waals surface area (Å²) in [4.78, 5) is 34.0. The van der Waals surface area contributed by atoms with Crippen molar-refractivity contribution in [2.75, 3.05) is 13.7 Å². The third-order valence-electron chi connectivity index (χ3n) is 5.75. The number of aryl methyl sites for hydroxylation is 1. The third-order valence-corrected chi connectivity index (χ3v) is 5.75. The number of aliphatic imine (C=N–C) groups is 1. The van der Waals surface area contributed by atoms with E-state index < -0.39 is 24.1 Å². The standard InChI is InChI=1S/C23H22F2N6O2/c1-30-21(32)23(29-22(30)26,17-12-18(13-28-33)31(14-17)10-4-8-24)16-6-2-5-15(11-16)19-7-3-9-27-20(19)25/h2-3,5-7,9,11-12,14H,4,8,10,13H2,1H3,(H2,26,29). The first-order chi connectivity index (χ1) is 15.9. The molecule has 1 aromatic carbocycles. The number of likely N-dealkylation sites (N-methyl/N-ethyl adjacent to an activating group) is 1. The summed E-state index contributed by atoms with van der Waals surface area (Å²) in [5.41, 5.74) is 6.73. The number of halogens is 2. The molecule has 170 valence electrons. The van der Waals surface area contributed by atoms with E-state index in [-0.39, 0.29) is 24.5 Å². The number of guanidine groups is 1. The van der Waals surface area contributed by atoms with Crippen molar-refractivity contribution in [3.8, 4) is 11.1 Å². The molecule has 2 aromatic heterocycles. The molecule has 0 radical (unpaired) electrons. The monoisotopic (exact) mass is 452 g/mol. The molecular formula is C23H22F2N6O2. The van der Waals surface area contributed by atoms with Gasteiger partial charge in [0.25, 0.3) is 5.91 Å². The lowest BCUT2D eigenvalue weighted by Crippen LogP contribution is -2.41. The fourth-order valence-electron chi connectivity index (χ4n) is 4.09. The summed E-state index contributed by atoms with van der Waals surface area (Å²) in [6.07, 6.45) is 3.26. The maximum Gasteiger partial charge on any atom is 0.266 e. The first-order valence-electron chi connectivity index (χ1n) is 10.3. The number of alkyl halides is 1. The number of nitroso groups, excluding NO2 is 1. The van der Waals surface area contributed by atoms with Gasteiger partial charge >= 0.3 is 0 Å². The lowest BCUT2D eigenvalue weighted by atomic mass is 9.83. The molecule has 1 aliphatic rings. The molecule has 10 heteroatoms. The second kappa shape index (κ2) is 8.89. The molecule has 1 aliphatic heterocycles. The average Bonchev–Trinajstić information content (AvgIpc) is 3.33. The van der Waals surface area contributed by atoms with Crippen molar-refractivity contribution in [2.24, 2.45) is 15.9 Å². The van der Waals surface area contributed by atoms with Crippen LogP contribution < -0.4 is 5.73 Å². The van der Waals surface area contributed by atoms with Crippen LogP contribution in [0.2, 0.25) is 0 Å². The van der Waals surface area contributed by atoms with E-state index in [9.17, 15) is 18.5 Å². The second-order valence-corrected chi connectivity index (χ2v) is 7.71. The Morgan fingerprint density at radius 3 is 2.67 bits per heavy atom. The molecule has 8 nitrogen and oxygen atoms in total. The highest BCUT2D eigenvalue weighted by molar-refractivity contribution is 6.09. The highest BCUT2D eigenvalue weighted by Gasteiger charge is 2.50. The van der Waals surface area contributed by atoms with Crippen molar-refractivity contribution in [3.63, 3.8) is 0 Å². The maximum atomic E-state index is 14.4. The Kier molecular flexibility index (Phi) is 5.99. The van der Waals surface area contributed by atoms with Crippen LogP contribution in [0.5, 0.6) is 0 Å². The van der Waals surface area contributed by atoms with Crippen molar-refractivity contribution < 1.29 is 13.6 Å². The molecule has 1 atom stereocenters. The summed E-state index contributed by atoms with van der Waals surface area (Å²) in [6, 6.07) is 11.7. The van der Waals surface area contributed by atoms with Crippen LogP contribution in [0.25, 0.3) is 11.1 Å². The van der Waals surface area contributed by atoms with Crippen LogP contribution in [0.1, 0.15) is 23.2 Å². The van der Waals surface area contributed by atoms with Gasteiger partial charge in [0.1, 0.15) is 6.54 Å². The number of rotatable bonds is 8. The minimum Gasteiger partial charge on any atom is -0.369 e. The minimum absolute atomic E-state index is 0.0181. The molecule has 4 rings (SSSR count). The van der Waals surface area contributed by atoms with E-state index in [1.54, 1.807) is 53.2 Å². The molecule has 1 amide bonds. The predicted octanol–water partition coefficient (Wildman–Crippen LogP) is 3.35. The number of hydrogen-bond acceptors (Lipinski definition) is 6. The van der Waals surface area contributed by atoms with Gasteiger partial charge in [-0.25, -0.2) is 9.98 Å². The van der Waals surface area contributed by atoms with Crippen LogP contribution >= 0.6 is 0 Å². The van der Waals surface area contributed by atoms with Crippen molar-refractivity contribution in [2.45, 2.75) is 25.0 Å². The van der Waals surface area contributed by atoms with Gasteiger partial charge in [0.05, 0.1) is 6.67 Å². The zero-order valence-electron chi connectivity index (χ0n) is 17.9. The third kappa shape index (κ3) is 3.77. The zero-order chi connectivity index (χ0) is 23.6. The van der Waals surface area contributed by atoms with Gasteiger partial charge in [-0.2, -0.15) is 9.30 Å². The lowest BCUT2D eigenvalue weighted by molar-refractivity contribution is -0.129. The Morgan fingerprint density at radius 2 is 2.00 bits per heavy atom. The first kappa shape index (κ1) is 22.3. The summed E-state index contributed by atoms with van der Waals surface area (Å²) < 4.78 is 28.9. The molecule has 3 aromatic rings. The number of aromatic nitrogens is 2. The van der Waals surface area contributed by atoms with Crippen molar-refractivity contribution in [1.29, 1.82) is 0 Å². The van der Waals surface area contributed by atoms with Crippen LogP contribution in [-0.4, -0.2) is 40.0 Å². The Morgan fingerprint density at radius 1 is 1.18 bits per heavy atom. The lowest BCUT2D eigenvalue weighted by Gasteiger charge is -2.25. The quantitative estimate of drug-likeness (QED) is 0.418. The summed E-state index contributed by atoms with van der Waals surface area (Å²) in [6.45, 7) is -0.369. The van der Waals surface area contributed by atoms with Gasteiger partial charge in [-0.3, -0.25) is 14.1 Å². The van der Waals surface area contributed by atoms with Crippen LogP contribution in [0.4, 0.5) is 8.78 Å². The number of amides is 1. The molecule has 33 heavy (non-hydrogen) atoms. The molecule has 0 saturated heterocycles. The van der Waals surface area contributed by atoms with Crippen LogP contribution in [0.3, 0.4) is 0 Å². The smallest absolute Gasteiger partial charge is 0.266 e. The molecular weight excluding hydrogens is 430 g/mol. The van der Waals surface area contributed by atoms with Crippen LogP contribution in [0.15, 0.2) is 65.0 Å². The van der Waals surface area contributed by atoms with Crippen molar-refractivity contribution in [1.82, 2.24) is 14.5 Å². The van der Waals surface area contributed by atoms with Gasteiger partial charge in [0.2, 0.25) is 5.95 Å². The van der Waals surface area contributed by atoms with E-state index >= 15 is 0 Å². The Labute approximate surface area is 188 Å². The number of nitrogens with zero attached hydrogens (tertiary/aromatic N) is 5. The number of nitrogens with two attached hydrogens (primary N) is 1. The summed E-state index contributed by atoms with van der Waals surface area (Å²) in [5.74, 6) is -1.03. The normalized spacial score (nSPS) is 18.0. The number of pyridine rings is 1. The molecule has 0 spiro atoms. The van der Waals surface area contributed by atoms with E-state index in [4.69, 9.17) is 5.73 Å². The highest BCUT2D eigenvalue weighted by atomic mass is 19.1. The molecule has 0 saturated carbocycles. The fourth-order valence-corrected chi connectivity index (χ4v) is 4.09. The van der Waals surface area contributed by atoms with Crippen molar-refractivity contribution >= 4 is 11.9 Å². The van der Waals surface area contributed by atoms with E-state index in [2.05, 4.69) is 15.2 Å². The number of benzene rings is 1. The molecule has 3 heterocycles.